The molecule has 74 valence electrons. The lowest BCUT2D eigenvalue weighted by Gasteiger charge is -2.22. The zero-order chi connectivity index (χ0) is 9.26. The van der Waals surface area contributed by atoms with E-state index < -0.39 is 0 Å². The van der Waals surface area contributed by atoms with Crippen LogP contribution in [0.5, 0.6) is 0 Å². The second-order valence-corrected chi connectivity index (χ2v) is 4.67. The molecule has 0 aliphatic heterocycles. The Labute approximate surface area is 84.0 Å². The minimum Gasteiger partial charge on any atom is -0.353 e. The van der Waals surface area contributed by atoms with E-state index in [2.05, 4.69) is 5.32 Å². The van der Waals surface area contributed by atoms with Crippen molar-refractivity contribution >= 4 is 17.5 Å². The fourth-order valence-corrected chi connectivity index (χ4v) is 2.96. The van der Waals surface area contributed by atoms with Crippen LogP contribution in [0, 0.1) is 11.8 Å². The van der Waals surface area contributed by atoms with Gasteiger partial charge in [-0.2, -0.15) is 0 Å². The first-order chi connectivity index (χ1) is 6.29. The molecular formula is C10H16ClNO. The molecule has 2 nitrogen and oxygen atoms in total. The molecule has 3 atom stereocenters. The van der Waals surface area contributed by atoms with E-state index in [4.69, 9.17) is 11.6 Å². The Bertz CT molecular complexity index is 207. The number of rotatable bonds is 3. The first-order valence-electron chi connectivity index (χ1n) is 5.15. The third-order valence-corrected chi connectivity index (χ3v) is 3.60. The van der Waals surface area contributed by atoms with Crippen LogP contribution in [0.3, 0.4) is 0 Å². The smallest absolute Gasteiger partial charge is 0.221 e. The van der Waals surface area contributed by atoms with Crippen LogP contribution >= 0.6 is 11.6 Å². The van der Waals surface area contributed by atoms with Gasteiger partial charge in [0.15, 0.2) is 0 Å². The van der Waals surface area contributed by atoms with Gasteiger partial charge in [0.05, 0.1) is 0 Å². The van der Waals surface area contributed by atoms with E-state index in [0.29, 0.717) is 18.3 Å². The number of fused-ring (bicyclic) bond motifs is 2. The zero-order valence-electron chi connectivity index (χ0n) is 7.76. The number of carbonyl (C=O) groups is 1. The van der Waals surface area contributed by atoms with E-state index in [1.165, 1.54) is 25.7 Å². The fraction of sp³-hybridized carbons (Fsp3) is 0.900. The number of carbonyl (C=O) groups excluding carboxylic acids is 1. The lowest BCUT2D eigenvalue weighted by atomic mass is 9.95. The molecule has 0 radical (unpaired) electrons. The molecular weight excluding hydrogens is 186 g/mol. The SMILES string of the molecule is O=C(CCCl)NC1CC2CCC1C2. The summed E-state index contributed by atoms with van der Waals surface area (Å²) in [5, 5.41) is 3.09. The highest BCUT2D eigenvalue weighted by molar-refractivity contribution is 6.18. The summed E-state index contributed by atoms with van der Waals surface area (Å²) < 4.78 is 0. The number of alkyl halides is 1. The Balaban J connectivity index is 1.79. The quantitative estimate of drug-likeness (QED) is 0.695. The van der Waals surface area contributed by atoms with Crippen molar-refractivity contribution in [1.29, 1.82) is 0 Å². The Hall–Kier alpha value is -0.240. The van der Waals surface area contributed by atoms with E-state index >= 15 is 0 Å². The maximum atomic E-state index is 11.3. The molecule has 0 saturated heterocycles. The van der Waals surface area contributed by atoms with Crippen molar-refractivity contribution in [2.24, 2.45) is 11.8 Å². The second kappa shape index (κ2) is 3.87. The van der Waals surface area contributed by atoms with Gasteiger partial charge in [0.2, 0.25) is 5.91 Å². The Kier molecular flexibility index (Phi) is 2.77. The van der Waals surface area contributed by atoms with Gasteiger partial charge in [0, 0.05) is 18.3 Å². The number of hydrogen-bond acceptors (Lipinski definition) is 1. The molecule has 3 heteroatoms. The maximum absolute atomic E-state index is 11.3. The van der Waals surface area contributed by atoms with Gasteiger partial charge in [0.25, 0.3) is 0 Å². The van der Waals surface area contributed by atoms with Crippen LogP contribution in [0.4, 0.5) is 0 Å². The molecule has 13 heavy (non-hydrogen) atoms. The third kappa shape index (κ3) is 1.98. The molecule has 2 aliphatic carbocycles. The summed E-state index contributed by atoms with van der Waals surface area (Å²) in [4.78, 5) is 11.3. The van der Waals surface area contributed by atoms with Crippen molar-refractivity contribution in [3.63, 3.8) is 0 Å². The van der Waals surface area contributed by atoms with Gasteiger partial charge in [0.1, 0.15) is 0 Å². The average molecular weight is 202 g/mol. The molecule has 2 saturated carbocycles. The molecule has 3 unspecified atom stereocenters. The zero-order valence-corrected chi connectivity index (χ0v) is 8.52. The summed E-state index contributed by atoms with van der Waals surface area (Å²) >= 11 is 5.50. The van der Waals surface area contributed by atoms with Crippen LogP contribution in [0.2, 0.25) is 0 Å². The van der Waals surface area contributed by atoms with Gasteiger partial charge in [-0.15, -0.1) is 11.6 Å². The highest BCUT2D eigenvalue weighted by Gasteiger charge is 2.39. The van der Waals surface area contributed by atoms with Crippen molar-refractivity contribution in [3.05, 3.63) is 0 Å². The third-order valence-electron chi connectivity index (χ3n) is 3.41. The molecule has 2 aliphatic rings. The van der Waals surface area contributed by atoms with Crippen molar-refractivity contribution in [1.82, 2.24) is 5.32 Å². The van der Waals surface area contributed by atoms with Gasteiger partial charge >= 0.3 is 0 Å². The molecule has 0 aromatic heterocycles. The largest absolute Gasteiger partial charge is 0.353 e. The summed E-state index contributed by atoms with van der Waals surface area (Å²) in [6, 6.07) is 0.467. The molecule has 2 bridgehead atoms. The van der Waals surface area contributed by atoms with E-state index in [0.717, 1.165) is 11.8 Å². The summed E-state index contributed by atoms with van der Waals surface area (Å²) in [5.41, 5.74) is 0. The van der Waals surface area contributed by atoms with Crippen molar-refractivity contribution in [2.75, 3.05) is 5.88 Å². The number of halogens is 1. The molecule has 0 aromatic carbocycles. The van der Waals surface area contributed by atoms with Gasteiger partial charge in [-0.1, -0.05) is 6.42 Å². The second-order valence-electron chi connectivity index (χ2n) is 4.29. The van der Waals surface area contributed by atoms with Crippen LogP contribution in [-0.4, -0.2) is 17.8 Å². The van der Waals surface area contributed by atoms with Gasteiger partial charge in [-0.05, 0) is 31.1 Å². The molecule has 1 N–H and O–H groups in total. The minimum absolute atomic E-state index is 0.132. The topological polar surface area (TPSA) is 29.1 Å². The highest BCUT2D eigenvalue weighted by atomic mass is 35.5. The Morgan fingerprint density at radius 1 is 1.38 bits per heavy atom. The molecule has 0 aromatic rings. The number of amides is 1. The van der Waals surface area contributed by atoms with Crippen molar-refractivity contribution in [2.45, 2.75) is 38.1 Å². The predicted octanol–water partition coefficient (Wildman–Crippen LogP) is 1.92. The average Bonchev–Trinajstić information content (AvgIpc) is 2.65. The van der Waals surface area contributed by atoms with Crippen LogP contribution in [0.25, 0.3) is 0 Å². The Morgan fingerprint density at radius 2 is 2.23 bits per heavy atom. The van der Waals surface area contributed by atoms with E-state index in [9.17, 15) is 4.79 Å². The normalized spacial score (nSPS) is 36.5. The number of nitrogens with one attached hydrogen (secondary N) is 1. The van der Waals surface area contributed by atoms with Gasteiger partial charge < -0.3 is 5.32 Å². The molecule has 2 fully saturated rings. The summed E-state index contributed by atoms with van der Waals surface area (Å²) in [6.07, 6.45) is 5.71. The molecule has 0 spiro atoms. The van der Waals surface area contributed by atoms with Crippen molar-refractivity contribution < 1.29 is 4.79 Å². The maximum Gasteiger partial charge on any atom is 0.221 e. The first-order valence-corrected chi connectivity index (χ1v) is 5.68. The predicted molar refractivity (Wildman–Crippen MR) is 52.7 cm³/mol. The summed E-state index contributed by atoms with van der Waals surface area (Å²) in [6.45, 7) is 0. The lowest BCUT2D eigenvalue weighted by molar-refractivity contribution is -0.121. The van der Waals surface area contributed by atoms with Gasteiger partial charge in [-0.3, -0.25) is 4.79 Å². The van der Waals surface area contributed by atoms with Crippen LogP contribution in [0.1, 0.15) is 32.1 Å². The fourth-order valence-electron chi connectivity index (χ4n) is 2.79. The minimum atomic E-state index is 0.132. The van der Waals surface area contributed by atoms with E-state index in [1.54, 1.807) is 0 Å². The number of hydrogen-bond donors (Lipinski definition) is 1. The molecule has 2 rings (SSSR count). The van der Waals surface area contributed by atoms with Crippen LogP contribution in [-0.2, 0) is 4.79 Å². The van der Waals surface area contributed by atoms with E-state index in [1.807, 2.05) is 0 Å². The monoisotopic (exact) mass is 201 g/mol. The lowest BCUT2D eigenvalue weighted by Crippen LogP contribution is -2.38. The van der Waals surface area contributed by atoms with E-state index in [-0.39, 0.29) is 5.91 Å². The Morgan fingerprint density at radius 3 is 2.77 bits per heavy atom. The van der Waals surface area contributed by atoms with Crippen molar-refractivity contribution in [3.8, 4) is 0 Å². The summed E-state index contributed by atoms with van der Waals surface area (Å²) in [5.74, 6) is 2.23. The van der Waals surface area contributed by atoms with Gasteiger partial charge in [-0.25, -0.2) is 0 Å². The van der Waals surface area contributed by atoms with Crippen LogP contribution in [0.15, 0.2) is 0 Å². The summed E-state index contributed by atoms with van der Waals surface area (Å²) in [7, 11) is 0. The highest BCUT2D eigenvalue weighted by Crippen LogP contribution is 2.44. The molecule has 0 heterocycles. The van der Waals surface area contributed by atoms with Crippen LogP contribution < -0.4 is 5.32 Å². The standard InChI is InChI=1S/C10H16ClNO/c11-4-3-10(13)12-9-6-7-1-2-8(9)5-7/h7-9H,1-6H2,(H,12,13). The molecule has 1 amide bonds. The first kappa shape index (κ1) is 9.32.